The van der Waals surface area contributed by atoms with Crippen molar-refractivity contribution < 1.29 is 4.79 Å². The molecule has 0 fully saturated rings. The van der Waals surface area contributed by atoms with Crippen LogP contribution in [0.1, 0.15) is 13.8 Å². The van der Waals surface area contributed by atoms with Gasteiger partial charge in [0.05, 0.1) is 17.3 Å². The first-order valence-corrected chi connectivity index (χ1v) is 5.78. The van der Waals surface area contributed by atoms with E-state index in [0.29, 0.717) is 10.9 Å². The summed E-state index contributed by atoms with van der Waals surface area (Å²) in [7, 11) is 0. The third kappa shape index (κ3) is 5.36. The number of nitrogens with zero attached hydrogens (tertiary/aromatic N) is 1. The Hall–Kier alpha value is -1.55. The second-order valence-electron chi connectivity index (χ2n) is 3.89. The lowest BCUT2D eigenvalue weighted by molar-refractivity contribution is -0.119. The van der Waals surface area contributed by atoms with E-state index in [4.69, 9.17) is 11.6 Å². The van der Waals surface area contributed by atoms with E-state index in [1.54, 1.807) is 12.3 Å². The number of amides is 1. The summed E-state index contributed by atoms with van der Waals surface area (Å²) in [6.45, 7) is 4.11. The van der Waals surface area contributed by atoms with Gasteiger partial charge in [0.15, 0.2) is 0 Å². The van der Waals surface area contributed by atoms with Gasteiger partial charge in [0, 0.05) is 6.21 Å². The number of hydrogen-bond acceptors (Lipinski definition) is 3. The molecule has 0 spiro atoms. The molecule has 4 nitrogen and oxygen atoms in total. The van der Waals surface area contributed by atoms with Crippen molar-refractivity contribution in [2.45, 2.75) is 13.8 Å². The highest BCUT2D eigenvalue weighted by Gasteiger charge is 2.01. The molecule has 92 valence electrons. The predicted octanol–water partition coefficient (Wildman–Crippen LogP) is 2.51. The van der Waals surface area contributed by atoms with E-state index >= 15 is 0 Å². The quantitative estimate of drug-likeness (QED) is 0.626. The second kappa shape index (κ2) is 6.91. The first kappa shape index (κ1) is 13.5. The van der Waals surface area contributed by atoms with E-state index < -0.39 is 0 Å². The fourth-order valence-electron chi connectivity index (χ4n) is 1.08. The molecular weight excluding hydrogens is 238 g/mol. The first-order chi connectivity index (χ1) is 8.09. The van der Waals surface area contributed by atoms with Gasteiger partial charge < -0.3 is 5.32 Å². The van der Waals surface area contributed by atoms with Crippen LogP contribution < -0.4 is 10.7 Å². The molecule has 0 aliphatic rings. The molecule has 0 bridgehead atoms. The summed E-state index contributed by atoms with van der Waals surface area (Å²) in [4.78, 5) is 11.4. The standard InChI is InChI=1S/C12H16ClN3O/c1-9(2)7-15-16-12(17)8-14-11-6-4-3-5-10(11)13/h3-7,9,14H,8H2,1-2H3,(H,16,17). The van der Waals surface area contributed by atoms with Crippen LogP contribution in [0.25, 0.3) is 0 Å². The molecular formula is C12H16ClN3O. The lowest BCUT2D eigenvalue weighted by Gasteiger charge is -2.06. The molecule has 0 aliphatic heterocycles. The van der Waals surface area contributed by atoms with Gasteiger partial charge in [-0.1, -0.05) is 37.6 Å². The Kier molecular flexibility index (Phi) is 5.49. The van der Waals surface area contributed by atoms with Gasteiger partial charge in [0.1, 0.15) is 0 Å². The van der Waals surface area contributed by atoms with Crippen molar-refractivity contribution in [2.24, 2.45) is 11.0 Å². The van der Waals surface area contributed by atoms with Gasteiger partial charge in [-0.25, -0.2) is 5.43 Å². The molecule has 1 amide bonds. The Labute approximate surface area is 106 Å². The molecule has 1 aromatic rings. The molecule has 0 unspecified atom stereocenters. The molecule has 0 saturated heterocycles. The van der Waals surface area contributed by atoms with Gasteiger partial charge in [-0.2, -0.15) is 5.10 Å². The van der Waals surface area contributed by atoms with E-state index in [9.17, 15) is 4.79 Å². The molecule has 17 heavy (non-hydrogen) atoms. The Bertz CT molecular complexity index is 404. The van der Waals surface area contributed by atoms with Crippen LogP contribution in [0.3, 0.4) is 0 Å². The third-order valence-corrected chi connectivity index (χ3v) is 2.20. The zero-order valence-electron chi connectivity index (χ0n) is 9.90. The van der Waals surface area contributed by atoms with Gasteiger partial charge >= 0.3 is 0 Å². The summed E-state index contributed by atoms with van der Waals surface area (Å²) in [5, 5.41) is 7.33. The second-order valence-corrected chi connectivity index (χ2v) is 4.30. The molecule has 5 heteroatoms. The van der Waals surface area contributed by atoms with Crippen LogP contribution in [-0.4, -0.2) is 18.7 Å². The number of anilines is 1. The Morgan fingerprint density at radius 2 is 2.18 bits per heavy atom. The van der Waals surface area contributed by atoms with Crippen molar-refractivity contribution in [3.63, 3.8) is 0 Å². The van der Waals surface area contributed by atoms with Crippen LogP contribution in [0.4, 0.5) is 5.69 Å². The molecule has 0 atom stereocenters. The van der Waals surface area contributed by atoms with Gasteiger partial charge in [-0.05, 0) is 18.1 Å². The minimum Gasteiger partial charge on any atom is -0.375 e. The fraction of sp³-hybridized carbons (Fsp3) is 0.333. The highest BCUT2D eigenvalue weighted by Crippen LogP contribution is 2.19. The Morgan fingerprint density at radius 1 is 1.47 bits per heavy atom. The number of halogens is 1. The smallest absolute Gasteiger partial charge is 0.259 e. The molecule has 0 heterocycles. The minimum absolute atomic E-state index is 0.138. The van der Waals surface area contributed by atoms with E-state index in [1.807, 2.05) is 32.0 Å². The molecule has 2 N–H and O–H groups in total. The number of carbonyl (C=O) groups is 1. The summed E-state index contributed by atoms with van der Waals surface area (Å²) >= 11 is 5.93. The van der Waals surface area contributed by atoms with Gasteiger partial charge in [0.2, 0.25) is 0 Å². The first-order valence-electron chi connectivity index (χ1n) is 5.40. The maximum absolute atomic E-state index is 11.4. The summed E-state index contributed by atoms with van der Waals surface area (Å²) in [6.07, 6.45) is 1.67. The number of para-hydroxylation sites is 1. The third-order valence-electron chi connectivity index (χ3n) is 1.88. The van der Waals surface area contributed by atoms with Crippen LogP contribution >= 0.6 is 11.6 Å². The van der Waals surface area contributed by atoms with Gasteiger partial charge in [-0.15, -0.1) is 0 Å². The summed E-state index contributed by atoms with van der Waals surface area (Å²) in [5.74, 6) is 0.105. The van der Waals surface area contributed by atoms with Crippen LogP contribution in [0.5, 0.6) is 0 Å². The predicted molar refractivity (Wildman–Crippen MR) is 71.4 cm³/mol. The number of carbonyl (C=O) groups excluding carboxylic acids is 1. The van der Waals surface area contributed by atoms with Crippen molar-refractivity contribution >= 4 is 29.4 Å². The zero-order chi connectivity index (χ0) is 12.7. The average molecular weight is 254 g/mol. The summed E-state index contributed by atoms with van der Waals surface area (Å²) in [6, 6.07) is 7.26. The lowest BCUT2D eigenvalue weighted by atomic mass is 10.3. The Morgan fingerprint density at radius 3 is 2.82 bits per heavy atom. The Balaban J connectivity index is 2.36. The number of nitrogens with one attached hydrogen (secondary N) is 2. The lowest BCUT2D eigenvalue weighted by Crippen LogP contribution is -2.26. The van der Waals surface area contributed by atoms with Gasteiger partial charge in [0.25, 0.3) is 5.91 Å². The SMILES string of the molecule is CC(C)C=NNC(=O)CNc1ccccc1Cl. The maximum Gasteiger partial charge on any atom is 0.259 e. The highest BCUT2D eigenvalue weighted by molar-refractivity contribution is 6.33. The van der Waals surface area contributed by atoms with Crippen LogP contribution in [0, 0.1) is 5.92 Å². The summed E-state index contributed by atoms with van der Waals surface area (Å²) in [5.41, 5.74) is 3.16. The van der Waals surface area contributed by atoms with Gasteiger partial charge in [-0.3, -0.25) is 4.79 Å². The molecule has 1 rings (SSSR count). The fourth-order valence-corrected chi connectivity index (χ4v) is 1.28. The van der Waals surface area contributed by atoms with E-state index in [1.165, 1.54) is 0 Å². The average Bonchev–Trinajstić information content (AvgIpc) is 2.27. The van der Waals surface area contributed by atoms with Crippen molar-refractivity contribution in [1.29, 1.82) is 0 Å². The van der Waals surface area contributed by atoms with Crippen LogP contribution in [-0.2, 0) is 4.79 Å². The molecule has 0 saturated carbocycles. The van der Waals surface area contributed by atoms with E-state index in [2.05, 4.69) is 15.8 Å². The highest BCUT2D eigenvalue weighted by atomic mass is 35.5. The molecule has 1 aromatic carbocycles. The van der Waals surface area contributed by atoms with Crippen LogP contribution in [0.15, 0.2) is 29.4 Å². The van der Waals surface area contributed by atoms with E-state index in [0.717, 1.165) is 5.69 Å². The number of rotatable bonds is 5. The van der Waals surface area contributed by atoms with Crippen molar-refractivity contribution in [3.05, 3.63) is 29.3 Å². The normalized spacial score (nSPS) is 10.8. The number of hydrogen-bond donors (Lipinski definition) is 2. The minimum atomic E-state index is -0.207. The molecule has 0 aromatic heterocycles. The summed E-state index contributed by atoms with van der Waals surface area (Å²) < 4.78 is 0. The molecule has 0 aliphatic carbocycles. The van der Waals surface area contributed by atoms with Crippen molar-refractivity contribution in [2.75, 3.05) is 11.9 Å². The van der Waals surface area contributed by atoms with Crippen molar-refractivity contribution in [3.8, 4) is 0 Å². The topological polar surface area (TPSA) is 53.5 Å². The van der Waals surface area contributed by atoms with Crippen molar-refractivity contribution in [1.82, 2.24) is 5.43 Å². The van der Waals surface area contributed by atoms with E-state index in [-0.39, 0.29) is 12.5 Å². The number of hydrazone groups is 1. The maximum atomic E-state index is 11.4. The monoisotopic (exact) mass is 253 g/mol. The zero-order valence-corrected chi connectivity index (χ0v) is 10.7. The number of benzene rings is 1. The largest absolute Gasteiger partial charge is 0.375 e. The molecule has 0 radical (unpaired) electrons. The van der Waals surface area contributed by atoms with Crippen LogP contribution in [0.2, 0.25) is 5.02 Å².